The first kappa shape index (κ1) is 63.4. The minimum absolute atomic E-state index is 0.180. The summed E-state index contributed by atoms with van der Waals surface area (Å²) in [4.78, 5) is 12.9. The molecule has 0 aromatic rings. The summed E-state index contributed by atoms with van der Waals surface area (Å²) in [6.45, 7) is 3.66. The van der Waals surface area contributed by atoms with Gasteiger partial charge in [-0.05, 0) is 51.4 Å². The number of unbranched alkanes of at least 4 members (excludes halogenated alkanes) is 35. The van der Waals surface area contributed by atoms with Gasteiger partial charge in [0.1, 0.15) is 24.4 Å². The van der Waals surface area contributed by atoms with Gasteiger partial charge in [-0.2, -0.15) is 0 Å². The summed E-state index contributed by atoms with van der Waals surface area (Å²) in [5.74, 6) is -0.180. The number of nitrogens with one attached hydrogen (secondary N) is 1. The van der Waals surface area contributed by atoms with Crippen molar-refractivity contribution in [3.8, 4) is 0 Å². The van der Waals surface area contributed by atoms with E-state index in [9.17, 15) is 30.3 Å². The van der Waals surface area contributed by atoms with E-state index in [0.717, 1.165) is 51.4 Å². The van der Waals surface area contributed by atoms with Gasteiger partial charge >= 0.3 is 0 Å². The Balaban J connectivity index is 1.92. The predicted molar refractivity (Wildman–Crippen MR) is 281 cm³/mol. The number of carbonyl (C=O) groups is 1. The highest BCUT2D eigenvalue weighted by atomic mass is 16.7. The van der Waals surface area contributed by atoms with Gasteiger partial charge in [0.25, 0.3) is 0 Å². The van der Waals surface area contributed by atoms with Gasteiger partial charge in [0.05, 0.1) is 25.4 Å². The zero-order valence-electron chi connectivity index (χ0n) is 43.7. The number of amides is 1. The summed E-state index contributed by atoms with van der Waals surface area (Å²) in [5.41, 5.74) is 0. The van der Waals surface area contributed by atoms with Crippen molar-refractivity contribution in [2.75, 3.05) is 13.2 Å². The zero-order valence-corrected chi connectivity index (χ0v) is 43.7. The van der Waals surface area contributed by atoms with E-state index >= 15 is 0 Å². The first-order valence-electron chi connectivity index (χ1n) is 28.7. The van der Waals surface area contributed by atoms with Gasteiger partial charge in [-0.15, -0.1) is 0 Å². The van der Waals surface area contributed by atoms with Crippen LogP contribution in [0.1, 0.15) is 271 Å². The fourth-order valence-corrected chi connectivity index (χ4v) is 9.13. The zero-order chi connectivity index (χ0) is 48.7. The third-order valence-corrected chi connectivity index (χ3v) is 13.7. The second kappa shape index (κ2) is 48.1. The largest absolute Gasteiger partial charge is 0.394 e. The molecular formula is C58H109NO8. The number of allylic oxidation sites excluding steroid dienone is 5. The molecule has 0 spiro atoms. The Kier molecular flexibility index (Phi) is 45.5. The summed E-state index contributed by atoms with van der Waals surface area (Å²) in [6.07, 6.45) is 56.0. The second-order valence-corrected chi connectivity index (χ2v) is 20.1. The Morgan fingerprint density at radius 2 is 0.881 bits per heavy atom. The van der Waals surface area contributed by atoms with Crippen LogP contribution in [-0.2, 0) is 14.3 Å². The lowest BCUT2D eigenvalue weighted by atomic mass is 9.99. The number of aliphatic hydroxyl groups is 5. The van der Waals surface area contributed by atoms with E-state index in [1.807, 2.05) is 6.08 Å². The third-order valence-electron chi connectivity index (χ3n) is 13.7. The number of carbonyl (C=O) groups excluding carboxylic acids is 1. The average molecular weight is 949 g/mol. The number of rotatable bonds is 49. The van der Waals surface area contributed by atoms with Crippen molar-refractivity contribution in [1.29, 1.82) is 0 Å². The smallest absolute Gasteiger partial charge is 0.220 e. The van der Waals surface area contributed by atoms with Crippen molar-refractivity contribution in [2.24, 2.45) is 0 Å². The molecule has 7 unspecified atom stereocenters. The van der Waals surface area contributed by atoms with Gasteiger partial charge in [-0.3, -0.25) is 4.79 Å². The molecule has 1 aliphatic rings. The minimum Gasteiger partial charge on any atom is -0.394 e. The Morgan fingerprint density at radius 3 is 1.31 bits per heavy atom. The van der Waals surface area contributed by atoms with Crippen LogP contribution in [0.15, 0.2) is 36.5 Å². The molecule has 1 fully saturated rings. The fraction of sp³-hybridized carbons (Fsp3) is 0.879. The van der Waals surface area contributed by atoms with Crippen LogP contribution in [0, 0.1) is 0 Å². The lowest BCUT2D eigenvalue weighted by Gasteiger charge is -2.40. The van der Waals surface area contributed by atoms with E-state index < -0.39 is 49.5 Å². The van der Waals surface area contributed by atoms with Crippen LogP contribution in [0.3, 0.4) is 0 Å². The van der Waals surface area contributed by atoms with Crippen LogP contribution < -0.4 is 5.32 Å². The predicted octanol–water partition coefficient (Wildman–Crippen LogP) is 14.0. The summed E-state index contributed by atoms with van der Waals surface area (Å²) < 4.78 is 11.1. The highest BCUT2D eigenvalue weighted by molar-refractivity contribution is 5.76. The van der Waals surface area contributed by atoms with Crippen LogP contribution >= 0.6 is 0 Å². The molecule has 1 saturated heterocycles. The Morgan fingerprint density at radius 1 is 0.507 bits per heavy atom. The second-order valence-electron chi connectivity index (χ2n) is 20.1. The molecule has 394 valence electrons. The fourth-order valence-electron chi connectivity index (χ4n) is 9.13. The number of hydrogen-bond acceptors (Lipinski definition) is 8. The molecule has 9 nitrogen and oxygen atoms in total. The van der Waals surface area contributed by atoms with E-state index in [1.54, 1.807) is 6.08 Å². The van der Waals surface area contributed by atoms with Gasteiger partial charge in [-0.25, -0.2) is 0 Å². The van der Waals surface area contributed by atoms with Crippen molar-refractivity contribution < 1.29 is 39.8 Å². The topological polar surface area (TPSA) is 149 Å². The quantitative estimate of drug-likeness (QED) is 0.0261. The van der Waals surface area contributed by atoms with Crippen molar-refractivity contribution in [1.82, 2.24) is 5.32 Å². The Labute approximate surface area is 412 Å². The molecule has 1 amide bonds. The molecule has 7 atom stereocenters. The average Bonchev–Trinajstić information content (AvgIpc) is 3.33. The Hall–Kier alpha value is -1.59. The molecular weight excluding hydrogens is 839 g/mol. The van der Waals surface area contributed by atoms with Crippen LogP contribution in [0.25, 0.3) is 0 Å². The SMILES string of the molecule is CCCCC/C=C/C(O)C(COC1OC(CO)C(O)C(O)C1O)NC(=O)CCCCCCCCCCCCCCCCCCCCCCCCCCCCC/C=C\C/C=C\CCCCCCC. The lowest BCUT2D eigenvalue weighted by molar-refractivity contribution is -0.302. The van der Waals surface area contributed by atoms with Gasteiger partial charge in [0.15, 0.2) is 6.29 Å². The standard InChI is InChI=1S/C58H109NO8/c1-3-5-7-9-10-11-12-13-14-15-16-17-18-19-20-21-22-23-24-25-26-27-28-29-30-31-32-33-34-35-36-37-38-39-40-41-42-44-46-48-54(62)59-51(52(61)47-45-43-8-6-4-2)50-66-58-57(65)56(64)55(63)53(49-60)67-58/h12-13,15-16,45,47,51-53,55-58,60-61,63-65H,3-11,14,17-44,46,48-50H2,1-2H3,(H,59,62)/b13-12-,16-15-,47-45+. The molecule has 9 heteroatoms. The maximum atomic E-state index is 12.9. The highest BCUT2D eigenvalue weighted by Crippen LogP contribution is 2.23. The van der Waals surface area contributed by atoms with Crippen molar-refractivity contribution >= 4 is 5.91 Å². The van der Waals surface area contributed by atoms with Crippen molar-refractivity contribution in [3.05, 3.63) is 36.5 Å². The molecule has 0 saturated carbocycles. The van der Waals surface area contributed by atoms with Gasteiger partial charge < -0.3 is 40.3 Å². The van der Waals surface area contributed by atoms with E-state index in [1.165, 1.54) is 199 Å². The lowest BCUT2D eigenvalue weighted by Crippen LogP contribution is -2.60. The summed E-state index contributed by atoms with van der Waals surface area (Å²) in [7, 11) is 0. The van der Waals surface area contributed by atoms with Crippen molar-refractivity contribution in [3.63, 3.8) is 0 Å². The molecule has 0 aliphatic carbocycles. The molecule has 6 N–H and O–H groups in total. The van der Waals surface area contributed by atoms with Crippen LogP contribution in [0.2, 0.25) is 0 Å². The Bertz CT molecular complexity index is 1150. The molecule has 0 bridgehead atoms. The van der Waals surface area contributed by atoms with E-state index in [2.05, 4.69) is 43.5 Å². The van der Waals surface area contributed by atoms with Crippen molar-refractivity contribution in [2.45, 2.75) is 314 Å². The maximum absolute atomic E-state index is 12.9. The number of aliphatic hydroxyl groups excluding tert-OH is 5. The van der Waals surface area contributed by atoms with Crippen LogP contribution in [0.4, 0.5) is 0 Å². The van der Waals surface area contributed by atoms with Crippen LogP contribution in [-0.4, -0.2) is 87.5 Å². The number of hydrogen-bond donors (Lipinski definition) is 6. The first-order valence-corrected chi connectivity index (χ1v) is 28.7. The molecule has 0 aromatic heterocycles. The summed E-state index contributed by atoms with van der Waals surface area (Å²) in [5, 5.41) is 53.8. The molecule has 67 heavy (non-hydrogen) atoms. The normalized spacial score (nSPS) is 19.9. The first-order chi connectivity index (χ1) is 32.8. The summed E-state index contributed by atoms with van der Waals surface area (Å²) in [6, 6.07) is -0.798. The highest BCUT2D eigenvalue weighted by Gasteiger charge is 2.44. The van der Waals surface area contributed by atoms with Gasteiger partial charge in [0.2, 0.25) is 5.91 Å². The van der Waals surface area contributed by atoms with E-state index in [0.29, 0.717) is 6.42 Å². The molecule has 1 aliphatic heterocycles. The van der Waals surface area contributed by atoms with Gasteiger partial charge in [0, 0.05) is 6.42 Å². The maximum Gasteiger partial charge on any atom is 0.220 e. The number of ether oxygens (including phenoxy) is 2. The molecule has 1 rings (SSSR count). The van der Waals surface area contributed by atoms with E-state index in [4.69, 9.17) is 9.47 Å². The minimum atomic E-state index is -1.56. The monoisotopic (exact) mass is 948 g/mol. The molecule has 1 heterocycles. The van der Waals surface area contributed by atoms with E-state index in [-0.39, 0.29) is 12.5 Å². The summed E-state index contributed by atoms with van der Waals surface area (Å²) >= 11 is 0. The molecule has 0 aromatic carbocycles. The third kappa shape index (κ3) is 37.9. The van der Waals surface area contributed by atoms with Crippen LogP contribution in [0.5, 0.6) is 0 Å². The van der Waals surface area contributed by atoms with Gasteiger partial charge in [-0.1, -0.05) is 249 Å². The molecule has 0 radical (unpaired) electrons.